The Morgan fingerprint density at radius 2 is 1.88 bits per heavy atom. The number of ether oxygens (including phenoxy) is 2. The third-order valence-corrected chi connectivity index (χ3v) is 12.5. The first-order valence-corrected chi connectivity index (χ1v) is 19.4. The number of aliphatic imine (C=N–C) groups is 1. The molecule has 49 heavy (non-hydrogen) atoms. The van der Waals surface area contributed by atoms with Crippen LogP contribution in [0.2, 0.25) is 5.02 Å². The lowest BCUT2D eigenvalue weighted by atomic mass is 9.84. The molecule has 2 unspecified atom stereocenters. The standard InChI is InChI=1S/C35H45ClN4O7S2/c1-9-10-13-46-14-11-12-39-30(37-25-18-24(36)20(2)15-27(25)49(39,44)45)28(40-32(42)35(7,8)47-33(40)43)31(41)38-26-17-22(34(4,5)6)16-23-21(3)19-48-29(23)26/h15-18,21,28H,9-14,19H2,1-8H3,(H,38,41). The van der Waals surface area contributed by atoms with Crippen LogP contribution in [-0.4, -0.2) is 78.5 Å². The summed E-state index contributed by atoms with van der Waals surface area (Å²) < 4.78 is 40.9. The van der Waals surface area contributed by atoms with Gasteiger partial charge in [0.15, 0.2) is 17.5 Å². The SMILES string of the molecule is CCCCOCCCN1C(C(C(=O)Nc2cc(C(C)(C)C)cc3c2SCC3C)N2C(=O)OC(C)(C)C2=O)=Nc2cc(Cl)c(C)cc2S1(=O)=O. The van der Waals surface area contributed by atoms with E-state index in [0.29, 0.717) is 22.8 Å². The second kappa shape index (κ2) is 13.9. The first kappa shape index (κ1) is 37.1. The van der Waals surface area contributed by atoms with E-state index < -0.39 is 39.6 Å². The molecule has 1 N–H and O–H groups in total. The van der Waals surface area contributed by atoms with Crippen molar-refractivity contribution in [3.63, 3.8) is 0 Å². The van der Waals surface area contributed by atoms with Crippen LogP contribution in [0.15, 0.2) is 39.0 Å². The number of hydrogen-bond donors (Lipinski definition) is 1. The molecule has 3 aliphatic heterocycles. The molecule has 3 amide bonds. The van der Waals surface area contributed by atoms with E-state index >= 15 is 0 Å². The van der Waals surface area contributed by atoms with Crippen LogP contribution in [0.4, 0.5) is 16.2 Å². The monoisotopic (exact) mass is 732 g/mol. The number of amidine groups is 1. The van der Waals surface area contributed by atoms with Gasteiger partial charge >= 0.3 is 6.09 Å². The smallest absolute Gasteiger partial charge is 0.418 e. The van der Waals surface area contributed by atoms with Gasteiger partial charge in [-0.2, -0.15) is 0 Å². The number of fused-ring (bicyclic) bond motifs is 2. The fourth-order valence-electron chi connectivity index (χ4n) is 5.91. The molecule has 266 valence electrons. The number of amides is 3. The highest BCUT2D eigenvalue weighted by molar-refractivity contribution is 7.99. The zero-order valence-corrected chi connectivity index (χ0v) is 31.7. The Kier molecular flexibility index (Phi) is 10.5. The van der Waals surface area contributed by atoms with E-state index in [9.17, 15) is 22.8 Å². The van der Waals surface area contributed by atoms with Crippen molar-refractivity contribution in [2.24, 2.45) is 4.99 Å². The number of imide groups is 1. The first-order valence-electron chi connectivity index (χ1n) is 16.6. The molecule has 2 atom stereocenters. The Labute approximate surface area is 298 Å². The highest BCUT2D eigenvalue weighted by atomic mass is 35.5. The van der Waals surface area contributed by atoms with E-state index in [4.69, 9.17) is 21.1 Å². The summed E-state index contributed by atoms with van der Waals surface area (Å²) in [5, 5.41) is 3.26. The number of carbonyl (C=O) groups excluding carboxylic acids is 3. The second-order valence-electron chi connectivity index (χ2n) is 14.3. The largest absolute Gasteiger partial charge is 0.433 e. The van der Waals surface area contributed by atoms with Gasteiger partial charge in [-0.05, 0) is 79.8 Å². The third-order valence-electron chi connectivity index (χ3n) is 8.87. The highest BCUT2D eigenvalue weighted by Gasteiger charge is 2.55. The average molecular weight is 733 g/mol. The van der Waals surface area contributed by atoms with Gasteiger partial charge in [-0.1, -0.05) is 58.7 Å². The fraction of sp³-hybridized carbons (Fsp3) is 0.543. The van der Waals surface area contributed by atoms with E-state index in [1.54, 1.807) is 18.7 Å². The van der Waals surface area contributed by atoms with Crippen molar-refractivity contribution >= 4 is 68.5 Å². The van der Waals surface area contributed by atoms with Crippen LogP contribution in [0, 0.1) is 6.92 Å². The maximum Gasteiger partial charge on any atom is 0.418 e. The van der Waals surface area contributed by atoms with Gasteiger partial charge in [-0.3, -0.25) is 13.9 Å². The zero-order valence-electron chi connectivity index (χ0n) is 29.3. The van der Waals surface area contributed by atoms with Crippen molar-refractivity contribution in [2.75, 3.05) is 30.8 Å². The average Bonchev–Trinajstić information content (AvgIpc) is 3.47. The van der Waals surface area contributed by atoms with Crippen LogP contribution >= 0.6 is 23.4 Å². The number of anilines is 1. The summed E-state index contributed by atoms with van der Waals surface area (Å²) in [4.78, 5) is 48.1. The highest BCUT2D eigenvalue weighted by Crippen LogP contribution is 2.46. The van der Waals surface area contributed by atoms with Gasteiger partial charge in [0.25, 0.3) is 21.8 Å². The molecule has 0 saturated carbocycles. The van der Waals surface area contributed by atoms with Crippen LogP contribution in [0.3, 0.4) is 0 Å². The molecule has 0 aliphatic carbocycles. The van der Waals surface area contributed by atoms with Crippen LogP contribution in [0.25, 0.3) is 0 Å². The Morgan fingerprint density at radius 3 is 2.51 bits per heavy atom. The van der Waals surface area contributed by atoms with Crippen molar-refractivity contribution in [3.8, 4) is 0 Å². The van der Waals surface area contributed by atoms with Crippen molar-refractivity contribution in [1.82, 2.24) is 9.21 Å². The number of aryl methyl sites for hydroxylation is 1. The molecule has 1 saturated heterocycles. The predicted octanol–water partition coefficient (Wildman–Crippen LogP) is 7.16. The van der Waals surface area contributed by atoms with Crippen LogP contribution in [0.1, 0.15) is 90.3 Å². The molecule has 11 nitrogen and oxygen atoms in total. The first-order chi connectivity index (χ1) is 22.9. The number of hydrogen-bond acceptors (Lipinski definition) is 9. The van der Waals surface area contributed by atoms with E-state index in [-0.39, 0.29) is 52.3 Å². The number of thioether (sulfide) groups is 1. The molecule has 0 radical (unpaired) electrons. The van der Waals surface area contributed by atoms with Crippen molar-refractivity contribution in [3.05, 3.63) is 46.0 Å². The normalized spacial score (nSPS) is 20.1. The molecule has 5 rings (SSSR count). The molecule has 0 spiro atoms. The predicted molar refractivity (Wildman–Crippen MR) is 192 cm³/mol. The number of halogens is 1. The van der Waals surface area contributed by atoms with Gasteiger partial charge in [0.1, 0.15) is 4.90 Å². The number of rotatable bonds is 11. The molecule has 3 heterocycles. The number of sulfonamides is 1. The summed E-state index contributed by atoms with van der Waals surface area (Å²) in [7, 11) is -4.34. The molecular formula is C35H45ClN4O7S2. The number of benzene rings is 2. The Morgan fingerprint density at radius 1 is 1.18 bits per heavy atom. The van der Waals surface area contributed by atoms with Gasteiger partial charge in [0.2, 0.25) is 0 Å². The lowest BCUT2D eigenvalue weighted by molar-refractivity contribution is -0.137. The third kappa shape index (κ3) is 7.22. The molecule has 3 aliphatic rings. The Balaban J connectivity index is 1.66. The summed E-state index contributed by atoms with van der Waals surface area (Å²) in [5.74, 6) is -0.874. The lowest BCUT2D eigenvalue weighted by Crippen LogP contribution is -2.59. The van der Waals surface area contributed by atoms with Crippen LogP contribution in [0.5, 0.6) is 0 Å². The fourth-order valence-corrected chi connectivity index (χ4v) is 9.05. The topological polar surface area (TPSA) is 135 Å². The van der Waals surface area contributed by atoms with Gasteiger partial charge in [0, 0.05) is 35.4 Å². The van der Waals surface area contributed by atoms with Crippen LogP contribution in [-0.2, 0) is 34.5 Å². The molecule has 0 bridgehead atoms. The van der Waals surface area contributed by atoms with Gasteiger partial charge in [-0.15, -0.1) is 11.8 Å². The number of unbranched alkanes of at least 4 members (excludes halogenated alkanes) is 1. The molecule has 0 aromatic heterocycles. The van der Waals surface area contributed by atoms with Crippen molar-refractivity contribution in [2.45, 2.75) is 107 Å². The second-order valence-corrected chi connectivity index (χ2v) is 17.6. The quantitative estimate of drug-likeness (QED) is 0.241. The minimum absolute atomic E-state index is 0.00174. The Hall–Kier alpha value is -3.13. The molecule has 1 fully saturated rings. The maximum absolute atomic E-state index is 14.7. The van der Waals surface area contributed by atoms with Gasteiger partial charge < -0.3 is 14.8 Å². The van der Waals surface area contributed by atoms with Crippen molar-refractivity contribution < 1.29 is 32.3 Å². The summed E-state index contributed by atoms with van der Waals surface area (Å²) in [6.07, 6.45) is 0.985. The van der Waals surface area contributed by atoms with Gasteiger partial charge in [0.05, 0.1) is 11.4 Å². The number of nitrogens with one attached hydrogen (secondary N) is 1. The minimum atomic E-state index is -4.34. The molecular weight excluding hydrogens is 688 g/mol. The molecule has 2 aromatic carbocycles. The number of nitrogens with zero attached hydrogens (tertiary/aromatic N) is 3. The summed E-state index contributed by atoms with van der Waals surface area (Å²) >= 11 is 8.04. The maximum atomic E-state index is 14.7. The van der Waals surface area contributed by atoms with Gasteiger partial charge in [-0.25, -0.2) is 23.1 Å². The lowest BCUT2D eigenvalue weighted by Gasteiger charge is -2.35. The van der Waals surface area contributed by atoms with E-state index in [1.807, 2.05) is 13.0 Å². The summed E-state index contributed by atoms with van der Waals surface area (Å²) in [6.45, 7) is 15.6. The van der Waals surface area contributed by atoms with E-state index in [0.717, 1.165) is 38.9 Å². The minimum Gasteiger partial charge on any atom is -0.433 e. The van der Waals surface area contributed by atoms with Crippen LogP contribution < -0.4 is 5.32 Å². The van der Waals surface area contributed by atoms with E-state index in [2.05, 4.69) is 44.1 Å². The summed E-state index contributed by atoms with van der Waals surface area (Å²) in [6, 6.07) is 5.10. The molecule has 2 aromatic rings. The Bertz CT molecular complexity index is 1820. The van der Waals surface area contributed by atoms with Crippen molar-refractivity contribution in [1.29, 1.82) is 0 Å². The number of carbonyl (C=O) groups is 3. The summed E-state index contributed by atoms with van der Waals surface area (Å²) in [5.41, 5.74) is 1.27. The molecule has 14 heteroatoms. The number of cyclic esters (lactones) is 1. The van der Waals surface area contributed by atoms with E-state index in [1.165, 1.54) is 26.0 Å². The zero-order chi connectivity index (χ0) is 36.1.